The Hall–Kier alpha value is -7.37. The molecule has 0 N–H and O–H groups in total. The van der Waals surface area contributed by atoms with Gasteiger partial charge in [0, 0.05) is 62.1 Å². The lowest BCUT2D eigenvalue weighted by Crippen LogP contribution is -1.97. The molecule has 0 saturated heterocycles. The highest BCUT2D eigenvalue weighted by atomic mass is 14.9. The molecule has 0 saturated carbocycles. The zero-order valence-electron chi connectivity index (χ0n) is 33.3. The van der Waals surface area contributed by atoms with Crippen LogP contribution in [0.25, 0.3) is 100.0 Å². The third kappa shape index (κ3) is 6.91. The molecule has 0 bridgehead atoms. The molecule has 0 fully saturated rings. The summed E-state index contributed by atoms with van der Waals surface area (Å²) in [4.78, 5) is 25.2. The van der Waals surface area contributed by atoms with Gasteiger partial charge < -0.3 is 0 Å². The van der Waals surface area contributed by atoms with Crippen molar-refractivity contribution in [2.45, 2.75) is 33.1 Å². The van der Waals surface area contributed by atoms with Crippen LogP contribution in [-0.4, -0.2) is 24.9 Å². The van der Waals surface area contributed by atoms with E-state index in [4.69, 9.17) is 19.9 Å². The summed E-state index contributed by atoms with van der Waals surface area (Å²) >= 11 is 0. The molecule has 0 aliphatic heterocycles. The average molecular weight is 760 g/mol. The SMILES string of the molecule is CCc1ccc2ccc3c(C(C)C)cc(-c4ccc(-c5cccc(-c6nc(-c7ccccc7)cc(-c7cccc(-c8cncc9ccccc89)c7)n6)c5)cc4)nc3c2n1. The molecule has 0 atom stereocenters. The molecule has 4 heterocycles. The summed E-state index contributed by atoms with van der Waals surface area (Å²) in [5, 5.41) is 4.56. The molecular weight excluding hydrogens is 719 g/mol. The van der Waals surface area contributed by atoms with E-state index in [2.05, 4.69) is 171 Å². The molecule has 0 radical (unpaired) electrons. The quantitative estimate of drug-likeness (QED) is 0.144. The highest BCUT2D eigenvalue weighted by Gasteiger charge is 2.16. The van der Waals surface area contributed by atoms with Crippen LogP contribution in [0.15, 0.2) is 176 Å². The maximum Gasteiger partial charge on any atom is 0.160 e. The number of rotatable bonds is 8. The number of benzene rings is 6. The third-order valence-electron chi connectivity index (χ3n) is 11.3. The van der Waals surface area contributed by atoms with Crippen LogP contribution in [0, 0.1) is 0 Å². The molecule has 0 aliphatic carbocycles. The van der Waals surface area contributed by atoms with Gasteiger partial charge in [0.1, 0.15) is 0 Å². The summed E-state index contributed by atoms with van der Waals surface area (Å²) in [6.07, 6.45) is 4.75. The molecular formula is C54H41N5. The van der Waals surface area contributed by atoms with Crippen molar-refractivity contribution in [2.75, 3.05) is 0 Å². The van der Waals surface area contributed by atoms with Crippen LogP contribution in [-0.2, 0) is 6.42 Å². The summed E-state index contributed by atoms with van der Waals surface area (Å²) < 4.78 is 0. The van der Waals surface area contributed by atoms with Gasteiger partial charge in [-0.25, -0.2) is 15.0 Å². The molecule has 10 aromatic rings. The normalized spacial score (nSPS) is 11.5. The summed E-state index contributed by atoms with van der Waals surface area (Å²) in [6, 6.07) is 57.5. The first-order chi connectivity index (χ1) is 29.0. The van der Waals surface area contributed by atoms with E-state index in [0.29, 0.717) is 11.7 Å². The van der Waals surface area contributed by atoms with Crippen LogP contribution < -0.4 is 0 Å². The van der Waals surface area contributed by atoms with Gasteiger partial charge >= 0.3 is 0 Å². The van der Waals surface area contributed by atoms with Crippen molar-refractivity contribution in [3.63, 3.8) is 0 Å². The first-order valence-corrected chi connectivity index (χ1v) is 20.3. The monoisotopic (exact) mass is 759 g/mol. The number of nitrogens with zero attached hydrogens (tertiary/aromatic N) is 5. The zero-order chi connectivity index (χ0) is 39.9. The minimum absolute atomic E-state index is 0.335. The molecule has 4 aromatic heterocycles. The van der Waals surface area contributed by atoms with E-state index in [1.165, 1.54) is 16.3 Å². The number of aromatic nitrogens is 5. The molecule has 59 heavy (non-hydrogen) atoms. The number of aryl methyl sites for hydroxylation is 1. The lowest BCUT2D eigenvalue weighted by atomic mass is 9.94. The lowest BCUT2D eigenvalue weighted by Gasteiger charge is -2.15. The Labute approximate surface area is 344 Å². The predicted molar refractivity (Wildman–Crippen MR) is 244 cm³/mol. The zero-order valence-corrected chi connectivity index (χ0v) is 33.3. The molecule has 0 amide bonds. The van der Waals surface area contributed by atoms with E-state index in [9.17, 15) is 0 Å². The fraction of sp³-hybridized carbons (Fsp3) is 0.0926. The van der Waals surface area contributed by atoms with E-state index < -0.39 is 0 Å². The highest BCUT2D eigenvalue weighted by Crippen LogP contribution is 2.36. The van der Waals surface area contributed by atoms with Gasteiger partial charge in [0.2, 0.25) is 0 Å². The van der Waals surface area contributed by atoms with Gasteiger partial charge in [-0.2, -0.15) is 0 Å². The van der Waals surface area contributed by atoms with E-state index >= 15 is 0 Å². The molecule has 282 valence electrons. The Morgan fingerprint density at radius 2 is 1.07 bits per heavy atom. The first-order valence-electron chi connectivity index (χ1n) is 20.3. The van der Waals surface area contributed by atoms with E-state index in [0.717, 1.165) is 95.5 Å². The molecule has 0 spiro atoms. The second-order valence-corrected chi connectivity index (χ2v) is 15.4. The van der Waals surface area contributed by atoms with Gasteiger partial charge in [0.15, 0.2) is 5.82 Å². The van der Waals surface area contributed by atoms with Crippen LogP contribution in [0.4, 0.5) is 0 Å². The number of hydrogen-bond acceptors (Lipinski definition) is 5. The number of hydrogen-bond donors (Lipinski definition) is 0. The lowest BCUT2D eigenvalue weighted by molar-refractivity contribution is 0.875. The molecule has 6 aromatic carbocycles. The predicted octanol–water partition coefficient (Wildman–Crippen LogP) is 13.8. The van der Waals surface area contributed by atoms with Crippen molar-refractivity contribution in [3.8, 4) is 67.4 Å². The second kappa shape index (κ2) is 15.2. The Bertz CT molecular complexity index is 3170. The Kier molecular flexibility index (Phi) is 9.26. The van der Waals surface area contributed by atoms with Crippen molar-refractivity contribution in [1.82, 2.24) is 24.9 Å². The van der Waals surface area contributed by atoms with Gasteiger partial charge in [-0.3, -0.25) is 9.97 Å². The molecule has 0 aliphatic rings. The topological polar surface area (TPSA) is 64.5 Å². The second-order valence-electron chi connectivity index (χ2n) is 15.4. The van der Waals surface area contributed by atoms with Gasteiger partial charge in [-0.15, -0.1) is 0 Å². The maximum absolute atomic E-state index is 5.27. The summed E-state index contributed by atoms with van der Waals surface area (Å²) in [6.45, 7) is 6.64. The standard InChI is InChI=1S/C54H41N5/c1-4-44-26-24-38-25-27-46-47(34(2)3)30-49(57-53(46)52(38)56-44)37-22-20-35(21-23-37)39-15-10-18-42(28-39)54-58-50(36-12-6-5-7-13-36)31-51(59-54)41-17-11-16-40(29-41)48-33-55-32-43-14-8-9-19-45(43)48/h5-34H,4H2,1-3H3. The Balaban J connectivity index is 1.03. The van der Waals surface area contributed by atoms with Crippen molar-refractivity contribution in [3.05, 3.63) is 187 Å². The average Bonchev–Trinajstić information content (AvgIpc) is 3.31. The van der Waals surface area contributed by atoms with E-state index in [-0.39, 0.29) is 0 Å². The Morgan fingerprint density at radius 3 is 1.88 bits per heavy atom. The fourth-order valence-electron chi connectivity index (χ4n) is 8.11. The summed E-state index contributed by atoms with van der Waals surface area (Å²) in [5.74, 6) is 1.01. The Morgan fingerprint density at radius 1 is 0.424 bits per heavy atom. The van der Waals surface area contributed by atoms with Crippen molar-refractivity contribution >= 4 is 32.6 Å². The minimum atomic E-state index is 0.335. The highest BCUT2D eigenvalue weighted by molar-refractivity contribution is 6.05. The van der Waals surface area contributed by atoms with Gasteiger partial charge in [-0.1, -0.05) is 154 Å². The molecule has 0 unspecified atom stereocenters. The van der Waals surface area contributed by atoms with E-state index in [1.807, 2.05) is 30.6 Å². The van der Waals surface area contributed by atoms with Crippen molar-refractivity contribution < 1.29 is 0 Å². The van der Waals surface area contributed by atoms with Crippen molar-refractivity contribution in [1.29, 1.82) is 0 Å². The van der Waals surface area contributed by atoms with Crippen LogP contribution in [0.2, 0.25) is 0 Å². The van der Waals surface area contributed by atoms with Gasteiger partial charge in [0.25, 0.3) is 0 Å². The van der Waals surface area contributed by atoms with E-state index in [1.54, 1.807) is 0 Å². The molecule has 10 rings (SSSR count). The minimum Gasteiger partial charge on any atom is -0.263 e. The fourth-order valence-corrected chi connectivity index (χ4v) is 8.11. The van der Waals surface area contributed by atoms with Gasteiger partial charge in [0.05, 0.1) is 28.1 Å². The van der Waals surface area contributed by atoms with Crippen LogP contribution in [0.5, 0.6) is 0 Å². The van der Waals surface area contributed by atoms with Crippen LogP contribution in [0.3, 0.4) is 0 Å². The molecule has 5 nitrogen and oxygen atoms in total. The van der Waals surface area contributed by atoms with Gasteiger partial charge in [-0.05, 0) is 70.3 Å². The van der Waals surface area contributed by atoms with Crippen LogP contribution >= 0.6 is 0 Å². The number of fused-ring (bicyclic) bond motifs is 4. The largest absolute Gasteiger partial charge is 0.263 e. The number of pyridine rings is 3. The van der Waals surface area contributed by atoms with Crippen LogP contribution in [0.1, 0.15) is 37.9 Å². The summed E-state index contributed by atoms with van der Waals surface area (Å²) in [7, 11) is 0. The smallest absolute Gasteiger partial charge is 0.160 e. The third-order valence-corrected chi connectivity index (χ3v) is 11.3. The maximum atomic E-state index is 5.27. The summed E-state index contributed by atoms with van der Waals surface area (Å²) in [5.41, 5.74) is 15.4. The molecule has 5 heteroatoms. The first kappa shape index (κ1) is 36.0. The van der Waals surface area contributed by atoms with Crippen molar-refractivity contribution in [2.24, 2.45) is 0 Å².